The summed E-state index contributed by atoms with van der Waals surface area (Å²) in [5.74, 6) is 0.294. The molecule has 0 bridgehead atoms. The smallest absolute Gasteiger partial charge is 0.127 e. The van der Waals surface area contributed by atoms with Crippen LogP contribution in [0, 0.1) is 11.7 Å². The van der Waals surface area contributed by atoms with Crippen molar-refractivity contribution in [3.05, 3.63) is 35.6 Å². The van der Waals surface area contributed by atoms with E-state index in [4.69, 9.17) is 4.74 Å². The van der Waals surface area contributed by atoms with Crippen molar-refractivity contribution >= 4 is 0 Å². The van der Waals surface area contributed by atoms with Gasteiger partial charge in [-0.1, -0.05) is 32.0 Å². The largest absolute Gasteiger partial charge is 0.380 e. The van der Waals surface area contributed by atoms with Gasteiger partial charge < -0.3 is 10.1 Å². The van der Waals surface area contributed by atoms with Crippen LogP contribution in [-0.4, -0.2) is 19.3 Å². The number of hydrogen-bond donors (Lipinski definition) is 1. The van der Waals surface area contributed by atoms with Crippen LogP contribution in [0.2, 0.25) is 0 Å². The first-order chi connectivity index (χ1) is 8.56. The van der Waals surface area contributed by atoms with Gasteiger partial charge in [0.15, 0.2) is 0 Å². The van der Waals surface area contributed by atoms with E-state index < -0.39 is 0 Å². The van der Waals surface area contributed by atoms with Crippen LogP contribution in [0.5, 0.6) is 0 Å². The normalized spacial score (nSPS) is 14.8. The minimum absolute atomic E-state index is 0.0148. The molecule has 3 heteroatoms. The average molecular weight is 253 g/mol. The topological polar surface area (TPSA) is 21.3 Å². The first-order valence-corrected chi connectivity index (χ1v) is 6.64. The Balaban J connectivity index is 2.66. The second kappa shape index (κ2) is 7.49. The van der Waals surface area contributed by atoms with Crippen LogP contribution < -0.4 is 5.32 Å². The van der Waals surface area contributed by atoms with E-state index in [1.54, 1.807) is 6.07 Å². The molecule has 0 saturated carbocycles. The Hall–Kier alpha value is -0.930. The molecule has 0 amide bonds. The monoisotopic (exact) mass is 253 g/mol. The van der Waals surface area contributed by atoms with Gasteiger partial charge in [0, 0.05) is 24.3 Å². The summed E-state index contributed by atoms with van der Waals surface area (Å²) in [6.45, 7) is 9.62. The first kappa shape index (κ1) is 15.1. The molecule has 0 aliphatic carbocycles. The minimum atomic E-state index is -0.156. The number of ether oxygens (including phenoxy) is 1. The van der Waals surface area contributed by atoms with Gasteiger partial charge in [-0.05, 0) is 25.8 Å². The summed E-state index contributed by atoms with van der Waals surface area (Å²) in [5, 5.41) is 3.44. The van der Waals surface area contributed by atoms with Gasteiger partial charge in [0.2, 0.25) is 0 Å². The summed E-state index contributed by atoms with van der Waals surface area (Å²) in [4.78, 5) is 0. The molecule has 0 heterocycles. The van der Waals surface area contributed by atoms with Gasteiger partial charge in [-0.15, -0.1) is 0 Å². The van der Waals surface area contributed by atoms with Crippen LogP contribution in [0.1, 0.15) is 39.3 Å². The number of benzene rings is 1. The molecule has 1 aromatic rings. The molecule has 2 unspecified atom stereocenters. The van der Waals surface area contributed by atoms with E-state index >= 15 is 0 Å². The highest BCUT2D eigenvalue weighted by molar-refractivity contribution is 5.20. The number of rotatable bonds is 7. The molecule has 0 radical (unpaired) electrons. The molecule has 0 saturated heterocycles. The summed E-state index contributed by atoms with van der Waals surface area (Å²) >= 11 is 0. The van der Waals surface area contributed by atoms with Gasteiger partial charge in [-0.3, -0.25) is 0 Å². The van der Waals surface area contributed by atoms with Crippen LogP contribution in [0.25, 0.3) is 0 Å². The Labute approximate surface area is 110 Å². The molecule has 2 atom stereocenters. The SMILES string of the molecule is CCOCC(NC(C)c1ccccc1F)C(C)C. The number of nitrogens with one attached hydrogen (secondary N) is 1. The number of hydrogen-bond acceptors (Lipinski definition) is 2. The second-order valence-corrected chi connectivity index (χ2v) is 4.92. The maximum Gasteiger partial charge on any atom is 0.127 e. The predicted molar refractivity (Wildman–Crippen MR) is 73.1 cm³/mol. The minimum Gasteiger partial charge on any atom is -0.380 e. The van der Waals surface area contributed by atoms with E-state index in [1.165, 1.54) is 6.07 Å². The third kappa shape index (κ3) is 4.39. The van der Waals surface area contributed by atoms with Crippen molar-refractivity contribution in [2.45, 2.75) is 39.8 Å². The van der Waals surface area contributed by atoms with Gasteiger partial charge in [-0.2, -0.15) is 0 Å². The Bertz CT molecular complexity index is 354. The molecule has 0 spiro atoms. The molecular formula is C15H24FNO. The maximum absolute atomic E-state index is 13.7. The van der Waals surface area contributed by atoms with E-state index in [1.807, 2.05) is 26.0 Å². The Morgan fingerprint density at radius 1 is 1.22 bits per heavy atom. The molecule has 0 aliphatic rings. The Morgan fingerprint density at radius 3 is 2.44 bits per heavy atom. The van der Waals surface area contributed by atoms with Crippen molar-refractivity contribution in [3.63, 3.8) is 0 Å². The highest BCUT2D eigenvalue weighted by atomic mass is 19.1. The molecule has 0 fully saturated rings. The van der Waals surface area contributed by atoms with Crippen LogP contribution >= 0.6 is 0 Å². The zero-order valence-electron chi connectivity index (χ0n) is 11.7. The van der Waals surface area contributed by atoms with Crippen LogP contribution in [0.3, 0.4) is 0 Å². The first-order valence-electron chi connectivity index (χ1n) is 6.64. The van der Waals surface area contributed by atoms with Crippen molar-refractivity contribution < 1.29 is 9.13 Å². The highest BCUT2D eigenvalue weighted by Crippen LogP contribution is 2.18. The van der Waals surface area contributed by atoms with Crippen LogP contribution in [0.4, 0.5) is 4.39 Å². The zero-order valence-corrected chi connectivity index (χ0v) is 11.7. The summed E-state index contributed by atoms with van der Waals surface area (Å²) in [7, 11) is 0. The van der Waals surface area contributed by atoms with E-state index in [-0.39, 0.29) is 17.9 Å². The van der Waals surface area contributed by atoms with Gasteiger partial charge in [-0.25, -0.2) is 4.39 Å². The Kier molecular flexibility index (Phi) is 6.30. The molecule has 18 heavy (non-hydrogen) atoms. The van der Waals surface area contributed by atoms with E-state index in [2.05, 4.69) is 19.2 Å². The van der Waals surface area contributed by atoms with Crippen molar-refractivity contribution in [2.24, 2.45) is 5.92 Å². The predicted octanol–water partition coefficient (Wildman–Crippen LogP) is 3.54. The van der Waals surface area contributed by atoms with Gasteiger partial charge in [0.1, 0.15) is 5.82 Å². The lowest BCUT2D eigenvalue weighted by atomic mass is 10.0. The maximum atomic E-state index is 13.7. The lowest BCUT2D eigenvalue weighted by Crippen LogP contribution is -2.39. The van der Waals surface area contributed by atoms with Crippen molar-refractivity contribution in [2.75, 3.05) is 13.2 Å². The second-order valence-electron chi connectivity index (χ2n) is 4.92. The third-order valence-corrected chi connectivity index (χ3v) is 3.14. The zero-order chi connectivity index (χ0) is 13.5. The van der Waals surface area contributed by atoms with Crippen molar-refractivity contribution in [3.8, 4) is 0 Å². The van der Waals surface area contributed by atoms with Gasteiger partial charge >= 0.3 is 0 Å². The average Bonchev–Trinajstić information content (AvgIpc) is 2.34. The van der Waals surface area contributed by atoms with Gasteiger partial charge in [0.25, 0.3) is 0 Å². The fourth-order valence-electron chi connectivity index (χ4n) is 1.91. The van der Waals surface area contributed by atoms with Gasteiger partial charge in [0.05, 0.1) is 6.61 Å². The molecule has 1 N–H and O–H groups in total. The summed E-state index contributed by atoms with van der Waals surface area (Å²) in [6.07, 6.45) is 0. The van der Waals surface area contributed by atoms with Crippen LogP contribution in [-0.2, 0) is 4.74 Å². The lowest BCUT2D eigenvalue weighted by molar-refractivity contribution is 0.104. The molecular weight excluding hydrogens is 229 g/mol. The fraction of sp³-hybridized carbons (Fsp3) is 0.600. The third-order valence-electron chi connectivity index (χ3n) is 3.14. The molecule has 2 nitrogen and oxygen atoms in total. The molecule has 0 aliphatic heterocycles. The summed E-state index contributed by atoms with van der Waals surface area (Å²) in [5.41, 5.74) is 0.708. The lowest BCUT2D eigenvalue weighted by Gasteiger charge is -2.26. The summed E-state index contributed by atoms with van der Waals surface area (Å²) < 4.78 is 19.1. The van der Waals surface area contributed by atoms with Crippen molar-refractivity contribution in [1.82, 2.24) is 5.32 Å². The van der Waals surface area contributed by atoms with Crippen molar-refractivity contribution in [1.29, 1.82) is 0 Å². The molecule has 1 aromatic carbocycles. The molecule has 0 aromatic heterocycles. The van der Waals surface area contributed by atoms with E-state index in [0.29, 0.717) is 24.7 Å². The molecule has 102 valence electrons. The fourth-order valence-corrected chi connectivity index (χ4v) is 1.91. The number of halogens is 1. The molecule has 1 rings (SSSR count). The standard InChI is InChI=1S/C15H24FNO/c1-5-18-10-15(11(2)3)17-12(4)13-8-6-7-9-14(13)16/h6-9,11-12,15,17H,5,10H2,1-4H3. The van der Waals surface area contributed by atoms with E-state index in [9.17, 15) is 4.39 Å². The van der Waals surface area contributed by atoms with Crippen LogP contribution in [0.15, 0.2) is 24.3 Å². The summed E-state index contributed by atoms with van der Waals surface area (Å²) in [6, 6.07) is 7.12. The highest BCUT2D eigenvalue weighted by Gasteiger charge is 2.18. The van der Waals surface area contributed by atoms with E-state index in [0.717, 1.165) is 0 Å². The quantitative estimate of drug-likeness (QED) is 0.802. The Morgan fingerprint density at radius 2 is 1.89 bits per heavy atom.